The third-order valence-electron chi connectivity index (χ3n) is 7.29. The van der Waals surface area contributed by atoms with E-state index in [0.717, 1.165) is 9.99 Å². The lowest BCUT2D eigenvalue weighted by molar-refractivity contribution is -0.128. The van der Waals surface area contributed by atoms with Crippen molar-refractivity contribution in [1.29, 1.82) is 5.26 Å². The Balaban J connectivity index is 1.70. The molecule has 3 N–H and O–H groups in total. The van der Waals surface area contributed by atoms with Crippen LogP contribution in [0.25, 0.3) is 10.9 Å². The number of Topliss-reactive ketones (excluding diaryl/α,β-unsaturated/α-hetero) is 1. The zero-order chi connectivity index (χ0) is 23.7. The number of nitriles is 1. The number of hydrogen-bond donors (Lipinski definition) is 3. The molecule has 1 fully saturated rings. The molecular weight excluding hydrogens is 496 g/mol. The normalized spacial score (nSPS) is 26.0. The van der Waals surface area contributed by atoms with Gasteiger partial charge in [-0.15, -0.1) is 0 Å². The van der Waals surface area contributed by atoms with Gasteiger partial charge in [-0.1, -0.05) is 34.1 Å². The molecule has 2 aliphatic rings. The van der Waals surface area contributed by atoms with Gasteiger partial charge in [-0.3, -0.25) is 14.5 Å². The van der Waals surface area contributed by atoms with Crippen LogP contribution in [0.1, 0.15) is 27.7 Å². The lowest BCUT2D eigenvalue weighted by atomic mass is 9.59. The molecule has 1 amide bonds. The van der Waals surface area contributed by atoms with E-state index < -0.39 is 28.6 Å². The number of rotatable bonds is 3. The number of benzene rings is 2. The third kappa shape index (κ3) is 2.36. The first-order valence-electron chi connectivity index (χ1n) is 10.8. The topological polar surface area (TPSA) is 118 Å². The number of halogens is 1. The quantitative estimate of drug-likeness (QED) is 0.358. The van der Waals surface area contributed by atoms with Gasteiger partial charge in [0.1, 0.15) is 5.82 Å². The lowest BCUT2D eigenvalue weighted by Crippen LogP contribution is -2.58. The molecule has 8 nitrogen and oxygen atoms in total. The predicted molar refractivity (Wildman–Crippen MR) is 129 cm³/mol. The van der Waals surface area contributed by atoms with Crippen LogP contribution in [-0.2, 0) is 10.3 Å². The lowest BCUT2D eigenvalue weighted by Gasteiger charge is -2.40. The monoisotopic (exact) mass is 514 g/mol. The van der Waals surface area contributed by atoms with Crippen molar-refractivity contribution >= 4 is 44.2 Å². The Kier molecular flexibility index (Phi) is 4.37. The van der Waals surface area contributed by atoms with Gasteiger partial charge in [0.25, 0.3) is 5.91 Å². The summed E-state index contributed by atoms with van der Waals surface area (Å²) in [5, 5.41) is 14.6. The SMILES string of the molecule is CN1C[C@H](c2ncc[nH]2)[C@@](C#N)(C(=O)c2c[nH]c3ccccc23)[C@@]12C(=O)Nc1ccc(Br)cc12. The first-order chi connectivity index (χ1) is 16.4. The number of aromatic nitrogens is 3. The highest BCUT2D eigenvalue weighted by Crippen LogP contribution is 2.62. The number of ketones is 1. The number of carbonyl (C=O) groups is 2. The van der Waals surface area contributed by atoms with Crippen molar-refractivity contribution in [1.82, 2.24) is 19.9 Å². The Bertz CT molecular complexity index is 1520. The maximum Gasteiger partial charge on any atom is 0.251 e. The first-order valence-corrected chi connectivity index (χ1v) is 11.6. The highest BCUT2D eigenvalue weighted by atomic mass is 79.9. The predicted octanol–water partition coefficient (Wildman–Crippen LogP) is 3.92. The summed E-state index contributed by atoms with van der Waals surface area (Å²) < 4.78 is 0.753. The largest absolute Gasteiger partial charge is 0.360 e. The second-order valence-corrected chi connectivity index (χ2v) is 9.67. The van der Waals surface area contributed by atoms with Crippen molar-refractivity contribution in [3.05, 3.63) is 82.5 Å². The number of amides is 1. The molecule has 2 aliphatic heterocycles. The summed E-state index contributed by atoms with van der Waals surface area (Å²) in [4.78, 5) is 41.0. The van der Waals surface area contributed by atoms with Gasteiger partial charge >= 0.3 is 0 Å². The number of aromatic amines is 2. The number of carbonyl (C=O) groups excluding carboxylic acids is 2. The summed E-state index contributed by atoms with van der Waals surface area (Å²) >= 11 is 3.51. The first kappa shape index (κ1) is 20.8. The van der Waals surface area contributed by atoms with E-state index in [2.05, 4.69) is 42.3 Å². The van der Waals surface area contributed by atoms with Crippen LogP contribution >= 0.6 is 15.9 Å². The second kappa shape index (κ2) is 7.13. The fraction of sp³-hybridized carbons (Fsp3) is 0.200. The summed E-state index contributed by atoms with van der Waals surface area (Å²) in [5.41, 5.74) is -0.994. The highest BCUT2D eigenvalue weighted by Gasteiger charge is 2.75. The maximum atomic E-state index is 14.6. The zero-order valence-corrected chi connectivity index (χ0v) is 19.7. The van der Waals surface area contributed by atoms with Crippen molar-refractivity contribution < 1.29 is 9.59 Å². The van der Waals surface area contributed by atoms with Crippen LogP contribution < -0.4 is 5.32 Å². The van der Waals surface area contributed by atoms with Crippen molar-refractivity contribution in [2.45, 2.75) is 11.5 Å². The number of nitrogens with one attached hydrogen (secondary N) is 3. The number of likely N-dealkylation sites (N-methyl/N-ethyl adjacent to an activating group) is 1. The van der Waals surface area contributed by atoms with E-state index in [9.17, 15) is 14.9 Å². The molecular formula is C25H19BrN6O2. The zero-order valence-electron chi connectivity index (χ0n) is 18.1. The number of hydrogen-bond acceptors (Lipinski definition) is 5. The van der Waals surface area contributed by atoms with Crippen LogP contribution in [0, 0.1) is 16.7 Å². The number of anilines is 1. The number of imidazole rings is 1. The van der Waals surface area contributed by atoms with Gasteiger partial charge in [0.2, 0.25) is 0 Å². The van der Waals surface area contributed by atoms with Crippen LogP contribution in [0.3, 0.4) is 0 Å². The molecule has 34 heavy (non-hydrogen) atoms. The van der Waals surface area contributed by atoms with E-state index in [1.807, 2.05) is 41.3 Å². The minimum Gasteiger partial charge on any atom is -0.360 e. The molecule has 3 atom stereocenters. The number of para-hydroxylation sites is 1. The molecule has 4 aromatic rings. The molecule has 2 aromatic heterocycles. The van der Waals surface area contributed by atoms with Gasteiger partial charge in [-0.2, -0.15) is 5.26 Å². The molecule has 9 heteroatoms. The Hall–Kier alpha value is -3.74. The maximum absolute atomic E-state index is 14.6. The van der Waals surface area contributed by atoms with Crippen molar-refractivity contribution in [2.24, 2.45) is 5.41 Å². The van der Waals surface area contributed by atoms with Crippen molar-refractivity contribution in [3.8, 4) is 6.07 Å². The smallest absolute Gasteiger partial charge is 0.251 e. The second-order valence-electron chi connectivity index (χ2n) is 8.76. The van der Waals surface area contributed by atoms with E-state index in [4.69, 9.17) is 0 Å². The number of likely N-dealkylation sites (tertiary alicyclic amines) is 1. The van der Waals surface area contributed by atoms with Gasteiger partial charge in [0.05, 0.1) is 12.0 Å². The summed E-state index contributed by atoms with van der Waals surface area (Å²) in [6, 6.07) is 15.3. The van der Waals surface area contributed by atoms with E-state index in [0.29, 0.717) is 28.0 Å². The summed E-state index contributed by atoms with van der Waals surface area (Å²) in [7, 11) is 1.78. The van der Waals surface area contributed by atoms with E-state index in [-0.39, 0.29) is 6.54 Å². The standard InChI is InChI=1S/C25H19BrN6O2/c1-32-12-18(22-28-8-9-29-22)24(13-27,21(33)16-11-30-19-5-3-2-4-15(16)19)25(32)17-10-14(26)6-7-20(17)31-23(25)34/h2-11,18,30H,12H2,1H3,(H,28,29)(H,31,34)/t18-,24+,25-/m1/s1. The molecule has 0 unspecified atom stereocenters. The number of nitrogens with zero attached hydrogens (tertiary/aromatic N) is 3. The van der Waals surface area contributed by atoms with Crippen LogP contribution in [-0.4, -0.2) is 45.1 Å². The average Bonchev–Trinajstić information content (AvgIpc) is 3.60. The minimum atomic E-state index is -1.79. The summed E-state index contributed by atoms with van der Waals surface area (Å²) in [5.74, 6) is -0.989. The van der Waals surface area contributed by atoms with Gasteiger partial charge in [0, 0.05) is 57.3 Å². The highest BCUT2D eigenvalue weighted by molar-refractivity contribution is 9.10. The minimum absolute atomic E-state index is 0.286. The Morgan fingerprint density at radius 2 is 2.09 bits per heavy atom. The van der Waals surface area contributed by atoms with Crippen LogP contribution in [0.4, 0.5) is 5.69 Å². The fourth-order valence-corrected chi connectivity index (χ4v) is 6.26. The molecule has 0 saturated carbocycles. The molecule has 1 spiro atoms. The number of H-pyrrole nitrogens is 2. The average molecular weight is 515 g/mol. The third-order valence-corrected chi connectivity index (χ3v) is 7.78. The number of fused-ring (bicyclic) bond motifs is 3. The van der Waals surface area contributed by atoms with Gasteiger partial charge in [-0.25, -0.2) is 4.98 Å². The van der Waals surface area contributed by atoms with Crippen LogP contribution in [0.15, 0.2) is 65.5 Å². The Morgan fingerprint density at radius 1 is 1.26 bits per heavy atom. The van der Waals surface area contributed by atoms with E-state index in [1.54, 1.807) is 31.7 Å². The van der Waals surface area contributed by atoms with Crippen molar-refractivity contribution in [3.63, 3.8) is 0 Å². The fourth-order valence-electron chi connectivity index (χ4n) is 5.89. The van der Waals surface area contributed by atoms with Crippen molar-refractivity contribution in [2.75, 3.05) is 18.9 Å². The summed E-state index contributed by atoms with van der Waals surface area (Å²) in [6.45, 7) is 0.286. The van der Waals surface area contributed by atoms with Gasteiger partial charge in [-0.05, 0) is 31.3 Å². The molecule has 168 valence electrons. The Morgan fingerprint density at radius 3 is 2.85 bits per heavy atom. The van der Waals surface area contributed by atoms with Crippen LogP contribution in [0.2, 0.25) is 0 Å². The van der Waals surface area contributed by atoms with E-state index >= 15 is 0 Å². The molecule has 1 saturated heterocycles. The molecule has 2 aromatic carbocycles. The molecule has 0 aliphatic carbocycles. The van der Waals surface area contributed by atoms with Gasteiger partial charge in [0.15, 0.2) is 16.7 Å². The molecule has 0 radical (unpaired) electrons. The molecule has 0 bridgehead atoms. The Labute approximate surface area is 203 Å². The van der Waals surface area contributed by atoms with Crippen LogP contribution in [0.5, 0.6) is 0 Å². The molecule has 6 rings (SSSR count). The van der Waals surface area contributed by atoms with Gasteiger partial charge < -0.3 is 15.3 Å². The molecule has 4 heterocycles. The van der Waals surface area contributed by atoms with E-state index in [1.165, 1.54) is 0 Å². The summed E-state index contributed by atoms with van der Waals surface area (Å²) in [6.07, 6.45) is 4.89.